The number of aryl methyl sites for hydroxylation is 2. The maximum absolute atomic E-state index is 12.8. The van der Waals surface area contributed by atoms with Crippen LogP contribution < -0.4 is 10.2 Å². The molecule has 5 heteroatoms. The molecule has 4 rings (SSSR count). The first kappa shape index (κ1) is 17.5. The molecule has 138 valence electrons. The third-order valence-corrected chi connectivity index (χ3v) is 5.20. The summed E-state index contributed by atoms with van der Waals surface area (Å²) < 4.78 is 0. The summed E-state index contributed by atoms with van der Waals surface area (Å²) in [5, 5.41) is 3.12. The molecular formula is C22H24N4O. The second-order valence-electron chi connectivity index (χ2n) is 7.31. The van der Waals surface area contributed by atoms with Gasteiger partial charge in [0.25, 0.3) is 0 Å². The van der Waals surface area contributed by atoms with Crippen molar-refractivity contribution in [3.05, 3.63) is 59.8 Å². The number of para-hydroxylation sites is 2. The molecule has 0 radical (unpaired) electrons. The zero-order chi connectivity index (χ0) is 18.8. The van der Waals surface area contributed by atoms with Crippen molar-refractivity contribution in [2.24, 2.45) is 5.92 Å². The molecular weight excluding hydrogens is 336 g/mol. The average Bonchev–Trinajstić information content (AvgIpc) is 2.70. The molecule has 1 N–H and O–H groups in total. The molecule has 1 fully saturated rings. The zero-order valence-electron chi connectivity index (χ0n) is 15.8. The number of hydrogen-bond donors (Lipinski definition) is 1. The maximum atomic E-state index is 12.8. The van der Waals surface area contributed by atoms with E-state index in [4.69, 9.17) is 4.98 Å². The summed E-state index contributed by atoms with van der Waals surface area (Å²) in [6, 6.07) is 14.0. The molecule has 1 aliphatic rings. The van der Waals surface area contributed by atoms with Gasteiger partial charge in [0.1, 0.15) is 5.82 Å². The van der Waals surface area contributed by atoms with Crippen molar-refractivity contribution < 1.29 is 4.79 Å². The van der Waals surface area contributed by atoms with E-state index in [0.717, 1.165) is 53.1 Å². The van der Waals surface area contributed by atoms with Gasteiger partial charge in [-0.25, -0.2) is 4.98 Å². The van der Waals surface area contributed by atoms with Crippen molar-refractivity contribution >= 4 is 28.4 Å². The standard InChI is InChI=1S/C22H24N4O/c1-15-9-10-16(2)20(12-15)25-22(27)17-6-5-11-26(14-17)21-13-23-18-7-3-4-8-19(18)24-21/h3-4,7-10,12-13,17H,5-6,11,14H2,1-2H3,(H,25,27)/t17-/m0/s1. The number of carbonyl (C=O) groups excluding carboxylic acids is 1. The van der Waals surface area contributed by atoms with Gasteiger partial charge in [0.05, 0.1) is 23.1 Å². The Morgan fingerprint density at radius 1 is 1.15 bits per heavy atom. The predicted octanol–water partition coefficient (Wildman–Crippen LogP) is 4.10. The van der Waals surface area contributed by atoms with Crippen LogP contribution in [0, 0.1) is 19.8 Å². The Hall–Kier alpha value is -2.95. The highest BCUT2D eigenvalue weighted by atomic mass is 16.1. The molecule has 0 spiro atoms. The van der Waals surface area contributed by atoms with E-state index in [9.17, 15) is 4.79 Å². The van der Waals surface area contributed by atoms with Crippen molar-refractivity contribution in [3.63, 3.8) is 0 Å². The highest BCUT2D eigenvalue weighted by Crippen LogP contribution is 2.25. The number of benzene rings is 2. The molecule has 3 aromatic rings. The van der Waals surface area contributed by atoms with Crippen LogP contribution >= 0.6 is 0 Å². The smallest absolute Gasteiger partial charge is 0.229 e. The van der Waals surface area contributed by atoms with Crippen molar-refractivity contribution in [3.8, 4) is 0 Å². The third-order valence-electron chi connectivity index (χ3n) is 5.20. The number of anilines is 2. The first-order chi connectivity index (χ1) is 13.1. The number of carbonyl (C=O) groups is 1. The number of fused-ring (bicyclic) bond motifs is 1. The number of amides is 1. The van der Waals surface area contributed by atoms with Gasteiger partial charge in [0.15, 0.2) is 0 Å². The van der Waals surface area contributed by atoms with Gasteiger partial charge in [-0.05, 0) is 56.0 Å². The molecule has 2 heterocycles. The summed E-state index contributed by atoms with van der Waals surface area (Å²) in [6.07, 6.45) is 3.68. The van der Waals surface area contributed by atoms with Crippen molar-refractivity contribution in [2.75, 3.05) is 23.3 Å². The molecule has 1 saturated heterocycles. The quantitative estimate of drug-likeness (QED) is 0.764. The third kappa shape index (κ3) is 3.77. The van der Waals surface area contributed by atoms with Crippen LogP contribution in [0.25, 0.3) is 11.0 Å². The number of aromatic nitrogens is 2. The predicted molar refractivity (Wildman–Crippen MR) is 109 cm³/mol. The summed E-state index contributed by atoms with van der Waals surface area (Å²) >= 11 is 0. The Labute approximate surface area is 159 Å². The summed E-state index contributed by atoms with van der Waals surface area (Å²) in [6.45, 7) is 5.63. The number of piperidine rings is 1. The molecule has 27 heavy (non-hydrogen) atoms. The molecule has 0 saturated carbocycles. The molecule has 1 aliphatic heterocycles. The topological polar surface area (TPSA) is 58.1 Å². The van der Waals surface area contributed by atoms with Crippen molar-refractivity contribution in [2.45, 2.75) is 26.7 Å². The fourth-order valence-corrected chi connectivity index (χ4v) is 3.60. The monoisotopic (exact) mass is 360 g/mol. The molecule has 1 amide bonds. The van der Waals surface area contributed by atoms with Crippen molar-refractivity contribution in [1.29, 1.82) is 0 Å². The number of nitrogens with zero attached hydrogens (tertiary/aromatic N) is 3. The normalized spacial score (nSPS) is 17.1. The largest absolute Gasteiger partial charge is 0.355 e. The van der Waals surface area contributed by atoms with E-state index < -0.39 is 0 Å². The highest BCUT2D eigenvalue weighted by Gasteiger charge is 2.27. The van der Waals surface area contributed by atoms with Gasteiger partial charge in [-0.1, -0.05) is 24.3 Å². The Bertz CT molecular complexity index is 985. The molecule has 0 aliphatic carbocycles. The second kappa shape index (κ2) is 7.35. The van der Waals surface area contributed by atoms with Crippen LogP contribution in [0.2, 0.25) is 0 Å². The first-order valence-corrected chi connectivity index (χ1v) is 9.45. The molecule has 5 nitrogen and oxygen atoms in total. The SMILES string of the molecule is Cc1ccc(C)c(NC(=O)[C@H]2CCCN(c3cnc4ccccc4n3)C2)c1. The van der Waals surface area contributed by atoms with Crippen LogP contribution in [0.5, 0.6) is 0 Å². The molecule has 1 aromatic heterocycles. The molecule has 1 atom stereocenters. The van der Waals surface area contributed by atoms with E-state index in [-0.39, 0.29) is 11.8 Å². The molecule has 0 unspecified atom stereocenters. The van der Waals surface area contributed by atoms with E-state index in [1.807, 2.05) is 56.4 Å². The van der Waals surface area contributed by atoms with Gasteiger partial charge in [0.2, 0.25) is 5.91 Å². The zero-order valence-corrected chi connectivity index (χ0v) is 15.8. The molecule has 0 bridgehead atoms. The van der Waals surface area contributed by atoms with Gasteiger partial charge in [-0.2, -0.15) is 0 Å². The van der Waals surface area contributed by atoms with E-state index >= 15 is 0 Å². The van der Waals surface area contributed by atoms with E-state index in [2.05, 4.69) is 21.3 Å². The van der Waals surface area contributed by atoms with Crippen LogP contribution in [0.3, 0.4) is 0 Å². The number of nitrogens with one attached hydrogen (secondary N) is 1. The summed E-state index contributed by atoms with van der Waals surface area (Å²) in [4.78, 5) is 24.3. The van der Waals surface area contributed by atoms with Crippen LogP contribution in [-0.2, 0) is 4.79 Å². The Balaban J connectivity index is 1.50. The Morgan fingerprint density at radius 3 is 2.81 bits per heavy atom. The fraction of sp³-hybridized carbons (Fsp3) is 0.318. The maximum Gasteiger partial charge on any atom is 0.229 e. The lowest BCUT2D eigenvalue weighted by Crippen LogP contribution is -2.41. The Kier molecular flexibility index (Phi) is 4.75. The lowest BCUT2D eigenvalue weighted by Gasteiger charge is -2.32. The number of rotatable bonds is 3. The van der Waals surface area contributed by atoms with Gasteiger partial charge in [-0.15, -0.1) is 0 Å². The van der Waals surface area contributed by atoms with Crippen LogP contribution in [-0.4, -0.2) is 29.0 Å². The van der Waals surface area contributed by atoms with E-state index in [1.165, 1.54) is 0 Å². The summed E-state index contributed by atoms with van der Waals surface area (Å²) in [7, 11) is 0. The van der Waals surface area contributed by atoms with E-state index in [1.54, 1.807) is 0 Å². The van der Waals surface area contributed by atoms with Gasteiger partial charge >= 0.3 is 0 Å². The first-order valence-electron chi connectivity index (χ1n) is 9.45. The average molecular weight is 360 g/mol. The highest BCUT2D eigenvalue weighted by molar-refractivity contribution is 5.93. The minimum atomic E-state index is -0.0491. The Morgan fingerprint density at radius 2 is 1.96 bits per heavy atom. The van der Waals surface area contributed by atoms with Crippen LogP contribution in [0.15, 0.2) is 48.7 Å². The van der Waals surface area contributed by atoms with Gasteiger partial charge in [0, 0.05) is 18.8 Å². The fourth-order valence-electron chi connectivity index (χ4n) is 3.60. The van der Waals surface area contributed by atoms with Crippen LogP contribution in [0.4, 0.5) is 11.5 Å². The summed E-state index contributed by atoms with van der Waals surface area (Å²) in [5.41, 5.74) is 4.91. The summed E-state index contributed by atoms with van der Waals surface area (Å²) in [5.74, 6) is 0.881. The van der Waals surface area contributed by atoms with E-state index in [0.29, 0.717) is 6.54 Å². The van der Waals surface area contributed by atoms with Crippen molar-refractivity contribution in [1.82, 2.24) is 9.97 Å². The lowest BCUT2D eigenvalue weighted by molar-refractivity contribution is -0.120. The number of hydrogen-bond acceptors (Lipinski definition) is 4. The van der Waals surface area contributed by atoms with Gasteiger partial charge < -0.3 is 10.2 Å². The minimum absolute atomic E-state index is 0.0491. The molecule has 2 aromatic carbocycles. The minimum Gasteiger partial charge on any atom is -0.355 e. The van der Waals surface area contributed by atoms with Gasteiger partial charge in [-0.3, -0.25) is 9.78 Å². The second-order valence-corrected chi connectivity index (χ2v) is 7.31. The van der Waals surface area contributed by atoms with Crippen LogP contribution in [0.1, 0.15) is 24.0 Å². The lowest BCUT2D eigenvalue weighted by atomic mass is 9.96.